The molecule has 2 rings (SSSR count). The molecule has 0 bridgehead atoms. The summed E-state index contributed by atoms with van der Waals surface area (Å²) in [5, 5.41) is 11.3. The van der Waals surface area contributed by atoms with E-state index in [-0.39, 0.29) is 0 Å². The molecule has 1 N–H and O–H groups in total. The van der Waals surface area contributed by atoms with E-state index in [1.54, 1.807) is 6.20 Å². The molecule has 2 aromatic heterocycles. The minimum Gasteiger partial charge on any atom is -0.313 e. The summed E-state index contributed by atoms with van der Waals surface area (Å²) in [6.07, 6.45) is 1.75. The molecule has 0 aliphatic carbocycles. The summed E-state index contributed by atoms with van der Waals surface area (Å²) >= 11 is 0. The molecule has 0 aliphatic heterocycles. The standard InChI is InChI=1S/C10H13N5/c1-11-7-9-13-14-10(15(9)2)8-5-3-4-6-12-8/h3-6,11H,7H2,1-2H3. The summed E-state index contributed by atoms with van der Waals surface area (Å²) in [5.74, 6) is 1.69. The summed E-state index contributed by atoms with van der Waals surface area (Å²) in [4.78, 5) is 4.24. The molecule has 5 heteroatoms. The van der Waals surface area contributed by atoms with E-state index in [0.717, 1.165) is 17.3 Å². The molecule has 0 aromatic carbocycles. The normalized spacial score (nSPS) is 10.5. The van der Waals surface area contributed by atoms with E-state index >= 15 is 0 Å². The van der Waals surface area contributed by atoms with Crippen LogP contribution in [0, 0.1) is 0 Å². The Hall–Kier alpha value is -1.75. The molecular weight excluding hydrogens is 190 g/mol. The Bertz CT molecular complexity index is 434. The summed E-state index contributed by atoms with van der Waals surface area (Å²) < 4.78 is 1.94. The number of hydrogen-bond acceptors (Lipinski definition) is 4. The Morgan fingerprint density at radius 2 is 2.20 bits per heavy atom. The second-order valence-electron chi connectivity index (χ2n) is 3.24. The van der Waals surface area contributed by atoms with Crippen molar-refractivity contribution in [2.75, 3.05) is 7.05 Å². The largest absolute Gasteiger partial charge is 0.313 e. The predicted molar refractivity (Wildman–Crippen MR) is 57.0 cm³/mol. The average molecular weight is 203 g/mol. The van der Waals surface area contributed by atoms with Crippen LogP contribution < -0.4 is 5.32 Å². The van der Waals surface area contributed by atoms with Crippen LogP contribution in [0.15, 0.2) is 24.4 Å². The predicted octanol–water partition coefficient (Wildman–Crippen LogP) is 0.596. The van der Waals surface area contributed by atoms with Crippen molar-refractivity contribution in [1.82, 2.24) is 25.1 Å². The minimum absolute atomic E-state index is 0.705. The lowest BCUT2D eigenvalue weighted by atomic mass is 10.3. The van der Waals surface area contributed by atoms with Gasteiger partial charge in [-0.25, -0.2) is 0 Å². The summed E-state index contributed by atoms with van der Waals surface area (Å²) in [6.45, 7) is 0.705. The maximum Gasteiger partial charge on any atom is 0.182 e. The fourth-order valence-electron chi connectivity index (χ4n) is 1.39. The van der Waals surface area contributed by atoms with Crippen LogP contribution in [0.1, 0.15) is 5.82 Å². The van der Waals surface area contributed by atoms with Crippen molar-refractivity contribution < 1.29 is 0 Å². The van der Waals surface area contributed by atoms with Crippen LogP contribution in [0.5, 0.6) is 0 Å². The van der Waals surface area contributed by atoms with Gasteiger partial charge in [-0.05, 0) is 19.2 Å². The van der Waals surface area contributed by atoms with Crippen molar-refractivity contribution in [3.63, 3.8) is 0 Å². The van der Waals surface area contributed by atoms with E-state index in [9.17, 15) is 0 Å². The van der Waals surface area contributed by atoms with Crippen LogP contribution in [0.4, 0.5) is 0 Å². The van der Waals surface area contributed by atoms with Gasteiger partial charge in [-0.3, -0.25) is 4.98 Å². The van der Waals surface area contributed by atoms with Crippen molar-refractivity contribution in [1.29, 1.82) is 0 Å². The van der Waals surface area contributed by atoms with Crippen LogP contribution >= 0.6 is 0 Å². The number of rotatable bonds is 3. The highest BCUT2D eigenvalue weighted by Crippen LogP contribution is 2.13. The van der Waals surface area contributed by atoms with E-state index in [1.165, 1.54) is 0 Å². The summed E-state index contributed by atoms with van der Waals surface area (Å²) in [7, 11) is 3.83. The van der Waals surface area contributed by atoms with Crippen molar-refractivity contribution in [2.45, 2.75) is 6.54 Å². The molecule has 0 radical (unpaired) electrons. The van der Waals surface area contributed by atoms with Crippen molar-refractivity contribution >= 4 is 0 Å². The first-order valence-electron chi connectivity index (χ1n) is 4.77. The van der Waals surface area contributed by atoms with Gasteiger partial charge in [-0.1, -0.05) is 6.07 Å². The first-order valence-corrected chi connectivity index (χ1v) is 4.77. The molecule has 0 fully saturated rings. The van der Waals surface area contributed by atoms with Gasteiger partial charge >= 0.3 is 0 Å². The SMILES string of the molecule is CNCc1nnc(-c2ccccn2)n1C. The quantitative estimate of drug-likeness (QED) is 0.793. The van der Waals surface area contributed by atoms with E-state index in [2.05, 4.69) is 20.5 Å². The molecule has 0 unspecified atom stereocenters. The lowest BCUT2D eigenvalue weighted by molar-refractivity contribution is 0.709. The van der Waals surface area contributed by atoms with Gasteiger partial charge in [0.05, 0.1) is 6.54 Å². The van der Waals surface area contributed by atoms with Crippen LogP contribution in [0.3, 0.4) is 0 Å². The zero-order valence-electron chi connectivity index (χ0n) is 8.81. The number of hydrogen-bond donors (Lipinski definition) is 1. The van der Waals surface area contributed by atoms with Gasteiger partial charge in [0, 0.05) is 13.2 Å². The Morgan fingerprint density at radius 1 is 1.33 bits per heavy atom. The van der Waals surface area contributed by atoms with Crippen LogP contribution in [0.25, 0.3) is 11.5 Å². The third kappa shape index (κ3) is 1.87. The zero-order chi connectivity index (χ0) is 10.7. The number of nitrogens with one attached hydrogen (secondary N) is 1. The summed E-state index contributed by atoms with van der Waals surface area (Å²) in [6, 6.07) is 5.75. The van der Waals surface area contributed by atoms with Crippen molar-refractivity contribution in [2.24, 2.45) is 7.05 Å². The minimum atomic E-state index is 0.705. The Morgan fingerprint density at radius 3 is 2.87 bits per heavy atom. The molecule has 2 aromatic rings. The van der Waals surface area contributed by atoms with Crippen molar-refractivity contribution in [3.8, 4) is 11.5 Å². The number of nitrogens with zero attached hydrogens (tertiary/aromatic N) is 4. The number of aromatic nitrogens is 4. The molecule has 0 saturated heterocycles. The molecule has 78 valence electrons. The molecule has 0 atom stereocenters. The van der Waals surface area contributed by atoms with Crippen LogP contribution in [0.2, 0.25) is 0 Å². The molecule has 5 nitrogen and oxygen atoms in total. The van der Waals surface area contributed by atoms with Crippen LogP contribution in [-0.2, 0) is 13.6 Å². The fraction of sp³-hybridized carbons (Fsp3) is 0.300. The first-order chi connectivity index (χ1) is 7.33. The number of pyridine rings is 1. The van der Waals surface area contributed by atoms with Gasteiger partial charge < -0.3 is 9.88 Å². The Kier molecular flexibility index (Phi) is 2.73. The molecule has 15 heavy (non-hydrogen) atoms. The van der Waals surface area contributed by atoms with Gasteiger partial charge in [0.25, 0.3) is 0 Å². The highest BCUT2D eigenvalue weighted by molar-refractivity contribution is 5.48. The maximum absolute atomic E-state index is 4.24. The fourth-order valence-corrected chi connectivity index (χ4v) is 1.39. The molecule has 0 amide bonds. The van der Waals surface area contributed by atoms with Crippen molar-refractivity contribution in [3.05, 3.63) is 30.2 Å². The highest BCUT2D eigenvalue weighted by Gasteiger charge is 2.09. The third-order valence-corrected chi connectivity index (χ3v) is 2.19. The monoisotopic (exact) mass is 203 g/mol. The first kappa shape index (κ1) is 9.79. The smallest absolute Gasteiger partial charge is 0.182 e. The molecule has 0 aliphatic rings. The van der Waals surface area contributed by atoms with Gasteiger partial charge in [0.15, 0.2) is 5.82 Å². The lowest BCUT2D eigenvalue weighted by Crippen LogP contribution is -2.10. The van der Waals surface area contributed by atoms with Crippen LogP contribution in [-0.4, -0.2) is 26.8 Å². The molecule has 0 spiro atoms. The molecule has 2 heterocycles. The second kappa shape index (κ2) is 4.18. The molecule has 0 saturated carbocycles. The second-order valence-corrected chi connectivity index (χ2v) is 3.24. The van der Waals surface area contributed by atoms with E-state index < -0.39 is 0 Å². The van der Waals surface area contributed by atoms with E-state index in [0.29, 0.717) is 6.54 Å². The highest BCUT2D eigenvalue weighted by atomic mass is 15.3. The zero-order valence-corrected chi connectivity index (χ0v) is 8.81. The van der Waals surface area contributed by atoms with E-state index in [4.69, 9.17) is 0 Å². The third-order valence-electron chi connectivity index (χ3n) is 2.19. The van der Waals surface area contributed by atoms with Gasteiger partial charge in [0.1, 0.15) is 11.5 Å². The summed E-state index contributed by atoms with van der Waals surface area (Å²) in [5.41, 5.74) is 0.842. The maximum atomic E-state index is 4.24. The van der Waals surface area contributed by atoms with E-state index in [1.807, 2.05) is 36.9 Å². The Labute approximate surface area is 88.2 Å². The molecular formula is C10H13N5. The Balaban J connectivity index is 2.38. The van der Waals surface area contributed by atoms with Gasteiger partial charge in [-0.15, -0.1) is 10.2 Å². The van der Waals surface area contributed by atoms with Gasteiger partial charge in [-0.2, -0.15) is 0 Å². The van der Waals surface area contributed by atoms with Gasteiger partial charge in [0.2, 0.25) is 0 Å². The lowest BCUT2D eigenvalue weighted by Gasteiger charge is -2.02. The average Bonchev–Trinajstić information content (AvgIpc) is 2.63. The topological polar surface area (TPSA) is 55.6 Å².